The van der Waals surface area contributed by atoms with Crippen molar-refractivity contribution in [3.63, 3.8) is 0 Å². The van der Waals surface area contributed by atoms with E-state index in [0.717, 1.165) is 26.0 Å². The summed E-state index contributed by atoms with van der Waals surface area (Å²) in [7, 11) is 0. The first-order valence-electron chi connectivity index (χ1n) is 8.46. The van der Waals surface area contributed by atoms with E-state index in [2.05, 4.69) is 33.8 Å². The Kier molecular flexibility index (Phi) is 6.98. The van der Waals surface area contributed by atoms with Crippen molar-refractivity contribution in [1.29, 1.82) is 5.26 Å². The van der Waals surface area contributed by atoms with Crippen LogP contribution in [0.25, 0.3) is 0 Å². The fraction of sp³-hybridized carbons (Fsp3) is 0.0909. The van der Waals surface area contributed by atoms with Gasteiger partial charge in [0.2, 0.25) is 0 Å². The Morgan fingerprint density at radius 1 is 1.04 bits per heavy atom. The van der Waals surface area contributed by atoms with E-state index in [1.807, 2.05) is 36.4 Å². The summed E-state index contributed by atoms with van der Waals surface area (Å²) in [5.74, 6) is 0.478. The van der Waals surface area contributed by atoms with Crippen LogP contribution in [-0.2, 0) is 18.1 Å². The van der Waals surface area contributed by atoms with Crippen molar-refractivity contribution in [2.75, 3.05) is 0 Å². The molecule has 4 nitrogen and oxygen atoms in total. The molecule has 3 aromatic rings. The molecule has 0 spiro atoms. The van der Waals surface area contributed by atoms with Crippen LogP contribution in [0, 0.1) is 20.7 Å². The van der Waals surface area contributed by atoms with Crippen LogP contribution in [-0.4, -0.2) is 6.21 Å². The lowest BCUT2D eigenvalue weighted by molar-refractivity contribution is 0.132. The number of oxime groups is 1. The van der Waals surface area contributed by atoms with Crippen LogP contribution in [0.2, 0.25) is 0 Å². The average molecular weight is 486 g/mol. The SMILES string of the molecule is N#Cc1ccccc1CO/N=C\c1ccc(OCc2ccc(F)cc2)c(I)c1. The minimum Gasteiger partial charge on any atom is -0.488 e. The highest BCUT2D eigenvalue weighted by Crippen LogP contribution is 2.23. The molecule has 0 fully saturated rings. The van der Waals surface area contributed by atoms with Gasteiger partial charge in [-0.25, -0.2) is 4.39 Å². The molecule has 0 unspecified atom stereocenters. The van der Waals surface area contributed by atoms with Gasteiger partial charge >= 0.3 is 0 Å². The quantitative estimate of drug-likeness (QED) is 0.254. The van der Waals surface area contributed by atoms with Gasteiger partial charge in [-0.2, -0.15) is 5.26 Å². The average Bonchev–Trinajstić information content (AvgIpc) is 2.72. The zero-order valence-electron chi connectivity index (χ0n) is 14.8. The molecule has 0 aliphatic heterocycles. The molecule has 28 heavy (non-hydrogen) atoms. The maximum absolute atomic E-state index is 12.9. The summed E-state index contributed by atoms with van der Waals surface area (Å²) in [5.41, 5.74) is 3.14. The van der Waals surface area contributed by atoms with E-state index < -0.39 is 0 Å². The topological polar surface area (TPSA) is 54.6 Å². The van der Waals surface area contributed by atoms with E-state index in [-0.39, 0.29) is 12.4 Å². The lowest BCUT2D eigenvalue weighted by atomic mass is 10.1. The Balaban J connectivity index is 1.55. The summed E-state index contributed by atoms with van der Waals surface area (Å²) in [6.07, 6.45) is 1.61. The molecule has 0 atom stereocenters. The van der Waals surface area contributed by atoms with E-state index >= 15 is 0 Å². The van der Waals surface area contributed by atoms with Gasteiger partial charge in [-0.1, -0.05) is 35.5 Å². The van der Waals surface area contributed by atoms with Crippen molar-refractivity contribution < 1.29 is 14.0 Å². The smallest absolute Gasteiger partial charge is 0.143 e. The zero-order valence-corrected chi connectivity index (χ0v) is 17.0. The Morgan fingerprint density at radius 3 is 2.57 bits per heavy atom. The second-order valence-electron chi connectivity index (χ2n) is 5.88. The number of hydrogen-bond acceptors (Lipinski definition) is 4. The standard InChI is InChI=1S/C22H16FIN2O2/c23-20-8-5-16(6-9-20)14-27-22-10-7-17(11-21(22)24)13-26-28-15-19-4-2-1-3-18(19)12-25/h1-11,13H,14-15H2/b26-13-. The van der Waals surface area contributed by atoms with Crippen LogP contribution in [0.1, 0.15) is 22.3 Å². The number of ether oxygens (including phenoxy) is 1. The molecule has 0 amide bonds. The van der Waals surface area contributed by atoms with Crippen LogP contribution >= 0.6 is 22.6 Å². The molecule has 0 bridgehead atoms. The molecule has 140 valence electrons. The minimum absolute atomic E-state index is 0.232. The molecule has 0 aliphatic carbocycles. The lowest BCUT2D eigenvalue weighted by Gasteiger charge is -2.09. The van der Waals surface area contributed by atoms with Gasteiger partial charge in [-0.3, -0.25) is 0 Å². The maximum atomic E-state index is 12.9. The van der Waals surface area contributed by atoms with Crippen molar-refractivity contribution in [3.8, 4) is 11.8 Å². The number of nitriles is 1. The molecule has 3 aromatic carbocycles. The van der Waals surface area contributed by atoms with Gasteiger partial charge in [0.25, 0.3) is 0 Å². The third-order valence-electron chi connectivity index (χ3n) is 3.90. The van der Waals surface area contributed by atoms with Gasteiger partial charge in [0, 0.05) is 5.56 Å². The molecular formula is C22H16FIN2O2. The van der Waals surface area contributed by atoms with E-state index in [0.29, 0.717) is 12.2 Å². The lowest BCUT2D eigenvalue weighted by Crippen LogP contribution is -1.98. The number of hydrogen-bond donors (Lipinski definition) is 0. The van der Waals surface area contributed by atoms with Crippen molar-refractivity contribution in [1.82, 2.24) is 0 Å². The predicted molar refractivity (Wildman–Crippen MR) is 113 cm³/mol. The minimum atomic E-state index is -0.264. The van der Waals surface area contributed by atoms with Crippen LogP contribution in [0.3, 0.4) is 0 Å². The summed E-state index contributed by atoms with van der Waals surface area (Å²) < 4.78 is 19.7. The first kappa shape index (κ1) is 19.8. The van der Waals surface area contributed by atoms with E-state index in [9.17, 15) is 4.39 Å². The second kappa shape index (κ2) is 9.85. The van der Waals surface area contributed by atoms with Gasteiger partial charge in [-0.15, -0.1) is 0 Å². The molecule has 0 heterocycles. The van der Waals surface area contributed by atoms with E-state index in [4.69, 9.17) is 14.8 Å². The number of rotatable bonds is 7. The van der Waals surface area contributed by atoms with Crippen LogP contribution in [0.5, 0.6) is 5.75 Å². The zero-order chi connectivity index (χ0) is 19.8. The summed E-state index contributed by atoms with van der Waals surface area (Å²) >= 11 is 2.19. The first-order valence-corrected chi connectivity index (χ1v) is 9.54. The Morgan fingerprint density at radius 2 is 1.82 bits per heavy atom. The van der Waals surface area contributed by atoms with Crippen molar-refractivity contribution in [3.05, 3.63) is 98.4 Å². The van der Waals surface area contributed by atoms with Crippen molar-refractivity contribution >= 4 is 28.8 Å². The molecule has 0 radical (unpaired) electrons. The third-order valence-corrected chi connectivity index (χ3v) is 4.74. The Bertz CT molecular complexity index is 1010. The van der Waals surface area contributed by atoms with Gasteiger partial charge in [-0.05, 0) is 70.1 Å². The summed E-state index contributed by atoms with van der Waals surface area (Å²) in [5, 5.41) is 13.0. The van der Waals surface area contributed by atoms with Crippen molar-refractivity contribution in [2.45, 2.75) is 13.2 Å². The first-order chi connectivity index (χ1) is 13.7. The van der Waals surface area contributed by atoms with Gasteiger partial charge in [0.1, 0.15) is 24.8 Å². The fourth-order valence-corrected chi connectivity index (χ4v) is 3.11. The molecule has 6 heteroatoms. The largest absolute Gasteiger partial charge is 0.488 e. The van der Waals surface area contributed by atoms with Gasteiger partial charge < -0.3 is 9.57 Å². The van der Waals surface area contributed by atoms with Gasteiger partial charge in [0.05, 0.1) is 21.4 Å². The van der Waals surface area contributed by atoms with Crippen molar-refractivity contribution in [2.24, 2.45) is 5.16 Å². The summed E-state index contributed by atoms with van der Waals surface area (Å²) in [6, 6.07) is 21.3. The van der Waals surface area contributed by atoms with Crippen LogP contribution in [0.15, 0.2) is 71.9 Å². The molecule has 0 N–H and O–H groups in total. The maximum Gasteiger partial charge on any atom is 0.143 e. The molecule has 3 rings (SSSR count). The Labute approximate surface area is 176 Å². The highest BCUT2D eigenvalue weighted by molar-refractivity contribution is 14.1. The highest BCUT2D eigenvalue weighted by atomic mass is 127. The second-order valence-corrected chi connectivity index (χ2v) is 7.04. The fourth-order valence-electron chi connectivity index (χ4n) is 2.42. The predicted octanol–water partition coefficient (Wildman–Crippen LogP) is 5.43. The van der Waals surface area contributed by atoms with Gasteiger partial charge in [0.15, 0.2) is 0 Å². The van der Waals surface area contributed by atoms with E-state index in [1.54, 1.807) is 24.4 Å². The Hall–Kier alpha value is -2.92. The molecule has 0 saturated carbocycles. The van der Waals surface area contributed by atoms with Crippen LogP contribution in [0.4, 0.5) is 4.39 Å². The summed E-state index contributed by atoms with van der Waals surface area (Å²) in [6.45, 7) is 0.599. The van der Waals surface area contributed by atoms with E-state index in [1.165, 1.54) is 12.1 Å². The third kappa shape index (κ3) is 5.54. The van der Waals surface area contributed by atoms with Crippen LogP contribution < -0.4 is 4.74 Å². The molecule has 0 saturated heterocycles. The normalized spacial score (nSPS) is 10.6. The monoisotopic (exact) mass is 486 g/mol. The molecule has 0 aliphatic rings. The number of nitrogens with zero attached hydrogens (tertiary/aromatic N) is 2. The molecule has 0 aromatic heterocycles. The number of halogens is 2. The highest BCUT2D eigenvalue weighted by Gasteiger charge is 2.04. The summed E-state index contributed by atoms with van der Waals surface area (Å²) in [4.78, 5) is 5.31. The number of benzene rings is 3. The molecular weight excluding hydrogens is 470 g/mol.